The maximum absolute atomic E-state index is 5.59. The molecule has 0 saturated heterocycles. The minimum atomic E-state index is 0.370. The predicted octanol–water partition coefficient (Wildman–Crippen LogP) is 3.60. The largest absolute Gasteiger partial charge is 0.345 e. The number of nitrogens with zero attached hydrogens (tertiary/aromatic N) is 1. The number of H-pyrrole nitrogens is 1. The predicted molar refractivity (Wildman–Crippen MR) is 78.5 cm³/mol. The maximum Gasteiger partial charge on any atom is 0.109 e. The fourth-order valence-corrected chi connectivity index (χ4v) is 2.42. The van der Waals surface area contributed by atoms with Crippen LogP contribution in [0.25, 0.3) is 11.3 Å². The van der Waals surface area contributed by atoms with Crippen LogP contribution in [-0.4, -0.2) is 16.5 Å². The van der Waals surface area contributed by atoms with Crippen molar-refractivity contribution in [2.75, 3.05) is 6.54 Å². The molecule has 0 aliphatic carbocycles. The number of benzene rings is 1. The summed E-state index contributed by atoms with van der Waals surface area (Å²) < 4.78 is 1.07. The van der Waals surface area contributed by atoms with Gasteiger partial charge in [-0.3, -0.25) is 0 Å². The summed E-state index contributed by atoms with van der Waals surface area (Å²) in [6.45, 7) is 4.89. The van der Waals surface area contributed by atoms with E-state index < -0.39 is 0 Å². The van der Waals surface area contributed by atoms with E-state index >= 15 is 0 Å². The van der Waals surface area contributed by atoms with Crippen LogP contribution in [0.2, 0.25) is 0 Å². The van der Waals surface area contributed by atoms with Crippen molar-refractivity contribution < 1.29 is 0 Å². The molecule has 1 heterocycles. The zero-order valence-corrected chi connectivity index (χ0v) is 12.3. The topological polar surface area (TPSA) is 54.7 Å². The monoisotopic (exact) mass is 307 g/mol. The van der Waals surface area contributed by atoms with Crippen molar-refractivity contribution in [2.45, 2.75) is 26.2 Å². The number of aryl methyl sites for hydroxylation is 1. The molecule has 0 bridgehead atoms. The fraction of sp³-hybridized carbons (Fsp3) is 0.357. The average Bonchev–Trinajstić information content (AvgIpc) is 2.72. The highest BCUT2D eigenvalue weighted by Gasteiger charge is 2.13. The van der Waals surface area contributed by atoms with Gasteiger partial charge in [-0.25, -0.2) is 4.98 Å². The number of hydrogen-bond donors (Lipinski definition) is 2. The molecule has 96 valence electrons. The third kappa shape index (κ3) is 2.82. The van der Waals surface area contributed by atoms with Gasteiger partial charge in [0.15, 0.2) is 0 Å². The summed E-state index contributed by atoms with van der Waals surface area (Å²) in [5.41, 5.74) is 8.85. The van der Waals surface area contributed by atoms with Crippen molar-refractivity contribution in [3.8, 4) is 11.3 Å². The van der Waals surface area contributed by atoms with Crippen molar-refractivity contribution in [3.63, 3.8) is 0 Å². The standard InChI is InChI=1S/C14H18BrN3/c1-9(6-7-16)14-17-10(2)13(18-14)11-4-3-5-12(15)8-11/h3-5,8-9H,6-7,16H2,1-2H3,(H,17,18). The highest BCUT2D eigenvalue weighted by Crippen LogP contribution is 2.26. The van der Waals surface area contributed by atoms with Gasteiger partial charge in [-0.1, -0.05) is 35.0 Å². The van der Waals surface area contributed by atoms with Crippen molar-refractivity contribution in [2.24, 2.45) is 5.73 Å². The van der Waals surface area contributed by atoms with Crippen LogP contribution in [0.4, 0.5) is 0 Å². The number of halogens is 1. The zero-order valence-electron chi connectivity index (χ0n) is 10.7. The number of hydrogen-bond acceptors (Lipinski definition) is 2. The van der Waals surface area contributed by atoms with Gasteiger partial charge in [0.25, 0.3) is 0 Å². The molecule has 0 amide bonds. The Morgan fingerprint density at radius 2 is 2.22 bits per heavy atom. The smallest absolute Gasteiger partial charge is 0.109 e. The van der Waals surface area contributed by atoms with E-state index in [1.807, 2.05) is 12.1 Å². The van der Waals surface area contributed by atoms with E-state index in [0.717, 1.165) is 33.7 Å². The molecule has 0 saturated carbocycles. The first-order chi connectivity index (χ1) is 8.61. The van der Waals surface area contributed by atoms with Crippen LogP contribution >= 0.6 is 15.9 Å². The number of aromatic amines is 1. The van der Waals surface area contributed by atoms with E-state index in [-0.39, 0.29) is 0 Å². The molecule has 4 heteroatoms. The van der Waals surface area contributed by atoms with Gasteiger partial charge < -0.3 is 10.7 Å². The molecule has 18 heavy (non-hydrogen) atoms. The molecular formula is C14H18BrN3. The Kier molecular flexibility index (Phi) is 4.19. The Balaban J connectivity index is 2.35. The van der Waals surface area contributed by atoms with Crippen LogP contribution in [0.1, 0.15) is 30.8 Å². The minimum Gasteiger partial charge on any atom is -0.345 e. The van der Waals surface area contributed by atoms with E-state index in [4.69, 9.17) is 10.7 Å². The molecule has 0 fully saturated rings. The minimum absolute atomic E-state index is 0.370. The molecule has 0 aliphatic heterocycles. The SMILES string of the molecule is Cc1[nH]c(C(C)CCN)nc1-c1cccc(Br)c1. The maximum atomic E-state index is 5.59. The Morgan fingerprint density at radius 3 is 2.89 bits per heavy atom. The van der Waals surface area contributed by atoms with Gasteiger partial charge in [-0.05, 0) is 32.0 Å². The molecule has 2 rings (SSSR count). The lowest BCUT2D eigenvalue weighted by Gasteiger charge is -2.05. The molecule has 3 nitrogen and oxygen atoms in total. The molecule has 0 spiro atoms. The lowest BCUT2D eigenvalue weighted by molar-refractivity contribution is 0.654. The van der Waals surface area contributed by atoms with Crippen LogP contribution in [0.15, 0.2) is 28.7 Å². The molecule has 0 radical (unpaired) electrons. The number of imidazole rings is 1. The first-order valence-electron chi connectivity index (χ1n) is 6.14. The van der Waals surface area contributed by atoms with Crippen molar-refractivity contribution >= 4 is 15.9 Å². The quantitative estimate of drug-likeness (QED) is 0.906. The third-order valence-corrected chi connectivity index (χ3v) is 3.56. The Labute approximate surface area is 116 Å². The molecule has 1 atom stereocenters. The summed E-state index contributed by atoms with van der Waals surface area (Å²) in [6, 6.07) is 8.20. The van der Waals surface area contributed by atoms with Gasteiger partial charge in [0.1, 0.15) is 5.82 Å². The van der Waals surface area contributed by atoms with Crippen LogP contribution in [0, 0.1) is 6.92 Å². The molecule has 2 aromatic rings. The second-order valence-corrected chi connectivity index (χ2v) is 5.50. The highest BCUT2D eigenvalue weighted by atomic mass is 79.9. The normalized spacial score (nSPS) is 12.7. The molecule has 1 aromatic heterocycles. The van der Waals surface area contributed by atoms with E-state index in [1.165, 1.54) is 0 Å². The Bertz CT molecular complexity index is 534. The Hall–Kier alpha value is -1.13. The number of nitrogens with one attached hydrogen (secondary N) is 1. The number of aromatic nitrogens is 2. The van der Waals surface area contributed by atoms with Crippen LogP contribution in [0.3, 0.4) is 0 Å². The molecule has 1 unspecified atom stereocenters. The summed E-state index contributed by atoms with van der Waals surface area (Å²) >= 11 is 3.49. The van der Waals surface area contributed by atoms with E-state index in [1.54, 1.807) is 0 Å². The van der Waals surface area contributed by atoms with E-state index in [0.29, 0.717) is 12.5 Å². The lowest BCUT2D eigenvalue weighted by atomic mass is 10.1. The second-order valence-electron chi connectivity index (χ2n) is 4.58. The summed E-state index contributed by atoms with van der Waals surface area (Å²) in [5, 5.41) is 0. The van der Waals surface area contributed by atoms with E-state index in [9.17, 15) is 0 Å². The summed E-state index contributed by atoms with van der Waals surface area (Å²) in [6.07, 6.45) is 0.949. The van der Waals surface area contributed by atoms with Crippen LogP contribution < -0.4 is 5.73 Å². The van der Waals surface area contributed by atoms with Crippen LogP contribution in [-0.2, 0) is 0 Å². The number of rotatable bonds is 4. The molecule has 3 N–H and O–H groups in total. The molecule has 1 aromatic carbocycles. The van der Waals surface area contributed by atoms with Gasteiger partial charge in [0, 0.05) is 21.6 Å². The lowest BCUT2D eigenvalue weighted by Crippen LogP contribution is -2.05. The third-order valence-electron chi connectivity index (χ3n) is 3.07. The van der Waals surface area contributed by atoms with Gasteiger partial charge in [-0.15, -0.1) is 0 Å². The second kappa shape index (κ2) is 5.67. The van der Waals surface area contributed by atoms with Gasteiger partial charge in [0.2, 0.25) is 0 Å². The van der Waals surface area contributed by atoms with Crippen molar-refractivity contribution in [3.05, 3.63) is 40.3 Å². The Morgan fingerprint density at radius 1 is 1.44 bits per heavy atom. The zero-order chi connectivity index (χ0) is 13.1. The summed E-state index contributed by atoms with van der Waals surface area (Å²) in [5.74, 6) is 1.39. The highest BCUT2D eigenvalue weighted by molar-refractivity contribution is 9.10. The van der Waals surface area contributed by atoms with Gasteiger partial charge >= 0.3 is 0 Å². The fourth-order valence-electron chi connectivity index (χ4n) is 2.02. The van der Waals surface area contributed by atoms with Gasteiger partial charge in [0.05, 0.1) is 5.69 Å². The molecule has 0 aliphatic rings. The van der Waals surface area contributed by atoms with Gasteiger partial charge in [-0.2, -0.15) is 0 Å². The first-order valence-corrected chi connectivity index (χ1v) is 6.93. The van der Waals surface area contributed by atoms with E-state index in [2.05, 4.69) is 46.9 Å². The summed E-state index contributed by atoms with van der Waals surface area (Å²) in [7, 11) is 0. The van der Waals surface area contributed by atoms with Crippen molar-refractivity contribution in [1.29, 1.82) is 0 Å². The molecular weight excluding hydrogens is 290 g/mol. The van der Waals surface area contributed by atoms with Crippen LogP contribution in [0.5, 0.6) is 0 Å². The van der Waals surface area contributed by atoms with Crippen molar-refractivity contribution in [1.82, 2.24) is 9.97 Å². The summed E-state index contributed by atoms with van der Waals surface area (Å²) in [4.78, 5) is 8.07. The first kappa shape index (κ1) is 13.3. The number of nitrogens with two attached hydrogens (primary N) is 1. The average molecular weight is 308 g/mol.